The molecule has 1 fully saturated rings. The van der Waals surface area contributed by atoms with Crippen LogP contribution in [0.2, 0.25) is 5.02 Å². The van der Waals surface area contributed by atoms with Gasteiger partial charge in [0.2, 0.25) is 11.8 Å². The number of nitrogens with one attached hydrogen (secondary N) is 1. The van der Waals surface area contributed by atoms with Crippen LogP contribution in [-0.2, 0) is 19.9 Å². The van der Waals surface area contributed by atoms with Gasteiger partial charge in [-0.15, -0.1) is 0 Å². The molecule has 0 unspecified atom stereocenters. The zero-order valence-corrected chi connectivity index (χ0v) is 12.7. The number of hydrogen-bond donors (Lipinski definition) is 2. The molecular formula is C15H19ClN2O3. The molecule has 0 radical (unpaired) electrons. The van der Waals surface area contributed by atoms with Gasteiger partial charge in [-0.3, -0.25) is 9.59 Å². The maximum absolute atomic E-state index is 12.3. The number of primary amides is 1. The number of carbonyl (C=O) groups excluding carboxylic acids is 2. The average molecular weight is 311 g/mol. The first-order valence-corrected chi connectivity index (χ1v) is 7.27. The number of ether oxygens (including phenoxy) is 1. The summed E-state index contributed by atoms with van der Waals surface area (Å²) in [6.45, 7) is 2.63. The predicted molar refractivity (Wildman–Crippen MR) is 79.7 cm³/mol. The van der Waals surface area contributed by atoms with Gasteiger partial charge in [0.15, 0.2) is 0 Å². The van der Waals surface area contributed by atoms with E-state index in [-0.39, 0.29) is 11.8 Å². The Labute approximate surface area is 128 Å². The third-order valence-corrected chi connectivity index (χ3v) is 4.03. The van der Waals surface area contributed by atoms with E-state index in [9.17, 15) is 9.59 Å². The number of carbonyl (C=O) groups is 2. The van der Waals surface area contributed by atoms with Crippen molar-refractivity contribution in [1.29, 1.82) is 0 Å². The monoisotopic (exact) mass is 310 g/mol. The Morgan fingerprint density at radius 3 is 2.81 bits per heavy atom. The van der Waals surface area contributed by atoms with E-state index in [1.54, 1.807) is 31.2 Å². The third-order valence-electron chi connectivity index (χ3n) is 3.80. The lowest BCUT2D eigenvalue weighted by Crippen LogP contribution is -2.54. The Bertz CT molecular complexity index is 543. The topological polar surface area (TPSA) is 81.4 Å². The van der Waals surface area contributed by atoms with Crippen molar-refractivity contribution in [2.75, 3.05) is 13.2 Å². The van der Waals surface area contributed by atoms with Gasteiger partial charge in [-0.2, -0.15) is 0 Å². The van der Waals surface area contributed by atoms with Gasteiger partial charge < -0.3 is 15.8 Å². The molecule has 2 rings (SSSR count). The lowest BCUT2D eigenvalue weighted by atomic mass is 9.89. The molecule has 1 aliphatic heterocycles. The highest BCUT2D eigenvalue weighted by Crippen LogP contribution is 2.25. The van der Waals surface area contributed by atoms with E-state index >= 15 is 0 Å². The molecule has 0 saturated carbocycles. The van der Waals surface area contributed by atoms with Crippen LogP contribution < -0.4 is 11.1 Å². The summed E-state index contributed by atoms with van der Waals surface area (Å²) in [5.74, 6) is -1.11. The Kier molecular flexibility index (Phi) is 4.85. The molecule has 6 heteroatoms. The van der Waals surface area contributed by atoms with Crippen LogP contribution >= 0.6 is 11.6 Å². The molecule has 0 bridgehead atoms. The number of halogens is 1. The van der Waals surface area contributed by atoms with E-state index in [1.807, 2.05) is 0 Å². The maximum Gasteiger partial charge on any atom is 0.247 e. The second kappa shape index (κ2) is 6.45. The minimum atomic E-state index is -1.29. The van der Waals surface area contributed by atoms with Crippen LogP contribution in [0.15, 0.2) is 24.3 Å². The Balaban J connectivity index is 2.22. The van der Waals surface area contributed by atoms with Crippen molar-refractivity contribution in [1.82, 2.24) is 5.32 Å². The van der Waals surface area contributed by atoms with Crippen molar-refractivity contribution in [3.63, 3.8) is 0 Å². The average Bonchev–Trinajstić information content (AvgIpc) is 2.47. The van der Waals surface area contributed by atoms with Gasteiger partial charge in [-0.1, -0.05) is 23.7 Å². The highest BCUT2D eigenvalue weighted by Gasteiger charge is 2.37. The van der Waals surface area contributed by atoms with E-state index in [1.165, 1.54) is 0 Å². The quantitative estimate of drug-likeness (QED) is 0.886. The summed E-state index contributed by atoms with van der Waals surface area (Å²) in [6, 6.07) is 6.76. The molecule has 0 spiro atoms. The fourth-order valence-corrected chi connectivity index (χ4v) is 2.56. The number of benzene rings is 1. The highest BCUT2D eigenvalue weighted by atomic mass is 35.5. The van der Waals surface area contributed by atoms with E-state index in [0.29, 0.717) is 23.8 Å². The molecule has 1 aromatic rings. The summed E-state index contributed by atoms with van der Waals surface area (Å²) < 4.78 is 5.30. The zero-order chi connectivity index (χ0) is 15.5. The SMILES string of the molecule is C[C@](NC(=O)[C@@H]1CCCOC1)(C(N)=O)c1cccc(Cl)c1. The second-order valence-electron chi connectivity index (χ2n) is 5.40. The second-order valence-corrected chi connectivity index (χ2v) is 5.84. The molecule has 114 valence electrons. The number of hydrogen-bond acceptors (Lipinski definition) is 3. The molecule has 5 nitrogen and oxygen atoms in total. The first-order valence-electron chi connectivity index (χ1n) is 6.89. The maximum atomic E-state index is 12.3. The minimum Gasteiger partial charge on any atom is -0.381 e. The molecule has 1 heterocycles. The van der Waals surface area contributed by atoms with Crippen LogP contribution in [0.1, 0.15) is 25.3 Å². The Hall–Kier alpha value is -1.59. The van der Waals surface area contributed by atoms with Gasteiger partial charge in [0, 0.05) is 11.6 Å². The normalized spacial score (nSPS) is 21.3. The van der Waals surface area contributed by atoms with Crippen LogP contribution in [0.4, 0.5) is 0 Å². The van der Waals surface area contributed by atoms with Gasteiger partial charge in [0.05, 0.1) is 12.5 Å². The largest absolute Gasteiger partial charge is 0.381 e. The highest BCUT2D eigenvalue weighted by molar-refractivity contribution is 6.30. The lowest BCUT2D eigenvalue weighted by molar-refractivity contribution is -0.136. The van der Waals surface area contributed by atoms with Gasteiger partial charge in [-0.25, -0.2) is 0 Å². The summed E-state index contributed by atoms with van der Waals surface area (Å²) in [4.78, 5) is 24.2. The van der Waals surface area contributed by atoms with Crippen molar-refractivity contribution in [3.8, 4) is 0 Å². The van der Waals surface area contributed by atoms with E-state index < -0.39 is 11.4 Å². The summed E-state index contributed by atoms with van der Waals surface area (Å²) in [6.07, 6.45) is 1.58. The van der Waals surface area contributed by atoms with Gasteiger partial charge in [-0.05, 0) is 37.5 Å². The molecule has 21 heavy (non-hydrogen) atoms. The van der Waals surface area contributed by atoms with Gasteiger partial charge in [0.1, 0.15) is 5.54 Å². The molecule has 2 atom stereocenters. The van der Waals surface area contributed by atoms with E-state index in [0.717, 1.165) is 12.8 Å². The summed E-state index contributed by atoms with van der Waals surface area (Å²) in [5.41, 5.74) is 4.77. The zero-order valence-electron chi connectivity index (χ0n) is 11.9. The smallest absolute Gasteiger partial charge is 0.247 e. The Morgan fingerprint density at radius 1 is 1.48 bits per heavy atom. The Morgan fingerprint density at radius 2 is 2.24 bits per heavy atom. The molecule has 1 aromatic carbocycles. The van der Waals surface area contributed by atoms with Crippen LogP contribution in [0, 0.1) is 5.92 Å². The molecule has 2 amide bonds. The number of nitrogens with two attached hydrogens (primary N) is 1. The number of rotatable bonds is 4. The predicted octanol–water partition coefficient (Wildman–Crippen LogP) is 1.58. The first kappa shape index (κ1) is 15.8. The molecule has 3 N–H and O–H groups in total. The molecule has 1 aliphatic rings. The van der Waals surface area contributed by atoms with Crippen molar-refractivity contribution >= 4 is 23.4 Å². The standard InChI is InChI=1S/C15H19ClN2O3/c1-15(14(17)20,11-5-2-6-12(16)8-11)18-13(19)10-4-3-7-21-9-10/h2,5-6,8,10H,3-4,7,9H2,1H3,(H2,17,20)(H,18,19)/t10-,15-/m1/s1. The number of amides is 2. The van der Waals surface area contributed by atoms with Crippen LogP contribution in [0.25, 0.3) is 0 Å². The van der Waals surface area contributed by atoms with Crippen LogP contribution in [0.3, 0.4) is 0 Å². The van der Waals surface area contributed by atoms with E-state index in [2.05, 4.69) is 5.32 Å². The summed E-state index contributed by atoms with van der Waals surface area (Å²) >= 11 is 5.96. The van der Waals surface area contributed by atoms with Crippen molar-refractivity contribution < 1.29 is 14.3 Å². The fraction of sp³-hybridized carbons (Fsp3) is 0.467. The summed E-state index contributed by atoms with van der Waals surface area (Å²) in [5, 5.41) is 3.24. The third kappa shape index (κ3) is 3.54. The van der Waals surface area contributed by atoms with Gasteiger partial charge >= 0.3 is 0 Å². The van der Waals surface area contributed by atoms with Crippen molar-refractivity contribution in [2.45, 2.75) is 25.3 Å². The molecular weight excluding hydrogens is 292 g/mol. The van der Waals surface area contributed by atoms with Crippen LogP contribution in [0.5, 0.6) is 0 Å². The minimum absolute atomic E-state index is 0.226. The lowest BCUT2D eigenvalue weighted by Gasteiger charge is -2.31. The van der Waals surface area contributed by atoms with Crippen LogP contribution in [-0.4, -0.2) is 25.0 Å². The van der Waals surface area contributed by atoms with Gasteiger partial charge in [0.25, 0.3) is 0 Å². The molecule has 1 saturated heterocycles. The van der Waals surface area contributed by atoms with Crippen molar-refractivity contribution in [2.24, 2.45) is 11.7 Å². The van der Waals surface area contributed by atoms with Crippen molar-refractivity contribution in [3.05, 3.63) is 34.9 Å². The summed E-state index contributed by atoms with van der Waals surface area (Å²) in [7, 11) is 0. The molecule has 0 aromatic heterocycles. The molecule has 0 aliphatic carbocycles. The fourth-order valence-electron chi connectivity index (χ4n) is 2.37. The van der Waals surface area contributed by atoms with E-state index in [4.69, 9.17) is 22.1 Å². The first-order chi connectivity index (χ1) is 9.93.